The average molecular weight is 316 g/mol. The van der Waals surface area contributed by atoms with Crippen LogP contribution >= 0.6 is 27.3 Å². The van der Waals surface area contributed by atoms with Crippen LogP contribution in [0, 0.1) is 0 Å². The van der Waals surface area contributed by atoms with Gasteiger partial charge >= 0.3 is 0 Å². The summed E-state index contributed by atoms with van der Waals surface area (Å²) < 4.78 is 13.1. The van der Waals surface area contributed by atoms with Crippen molar-refractivity contribution in [2.75, 3.05) is 5.73 Å². The lowest BCUT2D eigenvalue weighted by Crippen LogP contribution is -1.99. The fraction of sp³-hybridized carbons (Fsp3) is 0.0909. The maximum absolute atomic E-state index is 12.1. The zero-order chi connectivity index (χ0) is 11.5. The number of thiophene rings is 1. The van der Waals surface area contributed by atoms with Gasteiger partial charge in [0, 0.05) is 15.0 Å². The van der Waals surface area contributed by atoms with E-state index in [1.807, 2.05) is 29.6 Å². The highest BCUT2D eigenvalue weighted by Crippen LogP contribution is 2.27. The Morgan fingerprint density at radius 3 is 2.69 bits per heavy atom. The molecule has 0 saturated heterocycles. The summed E-state index contributed by atoms with van der Waals surface area (Å²) in [7, 11) is -1.08. The third-order valence-electron chi connectivity index (χ3n) is 2.12. The van der Waals surface area contributed by atoms with Gasteiger partial charge < -0.3 is 5.73 Å². The van der Waals surface area contributed by atoms with Crippen LogP contribution in [0.3, 0.4) is 0 Å². The van der Waals surface area contributed by atoms with Gasteiger partial charge in [-0.2, -0.15) is 0 Å². The lowest BCUT2D eigenvalue weighted by Gasteiger charge is -2.04. The molecule has 0 bridgehead atoms. The molecule has 0 aliphatic rings. The topological polar surface area (TPSA) is 43.1 Å². The van der Waals surface area contributed by atoms with Gasteiger partial charge in [-0.25, -0.2) is 0 Å². The van der Waals surface area contributed by atoms with Crippen molar-refractivity contribution < 1.29 is 4.21 Å². The van der Waals surface area contributed by atoms with Crippen LogP contribution < -0.4 is 5.73 Å². The minimum absolute atomic E-state index is 0.506. The number of hydrogen-bond donors (Lipinski definition) is 1. The van der Waals surface area contributed by atoms with Gasteiger partial charge in [0.2, 0.25) is 0 Å². The number of para-hydroxylation sites is 1. The number of hydrogen-bond acceptors (Lipinski definition) is 3. The summed E-state index contributed by atoms with van der Waals surface area (Å²) in [6.07, 6.45) is 0. The summed E-state index contributed by atoms with van der Waals surface area (Å²) in [6, 6.07) is 9.25. The number of rotatable bonds is 3. The molecule has 2 aromatic rings. The molecular formula is C11H10BrNOS2. The Balaban J connectivity index is 2.22. The molecule has 0 fully saturated rings. The van der Waals surface area contributed by atoms with Crippen molar-refractivity contribution in [3.05, 3.63) is 45.1 Å². The van der Waals surface area contributed by atoms with E-state index in [2.05, 4.69) is 15.9 Å². The summed E-state index contributed by atoms with van der Waals surface area (Å²) in [5, 5.41) is 1.98. The smallest absolute Gasteiger partial charge is 0.0638 e. The first-order valence-electron chi connectivity index (χ1n) is 4.63. The molecule has 0 aliphatic heterocycles. The van der Waals surface area contributed by atoms with Crippen molar-refractivity contribution in [2.45, 2.75) is 10.6 Å². The van der Waals surface area contributed by atoms with Gasteiger partial charge in [0.1, 0.15) is 0 Å². The zero-order valence-electron chi connectivity index (χ0n) is 8.35. The average Bonchev–Trinajstić information content (AvgIpc) is 2.65. The second-order valence-corrected chi connectivity index (χ2v) is 6.49. The van der Waals surface area contributed by atoms with Gasteiger partial charge in [-0.1, -0.05) is 12.1 Å². The van der Waals surface area contributed by atoms with E-state index >= 15 is 0 Å². The minimum atomic E-state index is -1.08. The zero-order valence-corrected chi connectivity index (χ0v) is 11.6. The van der Waals surface area contributed by atoms with E-state index in [1.54, 1.807) is 17.4 Å². The molecule has 5 heteroatoms. The number of halogens is 1. The molecule has 1 aromatic heterocycles. The Morgan fingerprint density at radius 1 is 1.31 bits per heavy atom. The quantitative estimate of drug-likeness (QED) is 0.882. The second-order valence-electron chi connectivity index (χ2n) is 3.22. The van der Waals surface area contributed by atoms with Crippen molar-refractivity contribution in [3.8, 4) is 0 Å². The largest absolute Gasteiger partial charge is 0.398 e. The molecule has 0 saturated carbocycles. The highest BCUT2D eigenvalue weighted by molar-refractivity contribution is 9.10. The Bertz CT molecular complexity index is 524. The van der Waals surface area contributed by atoms with Gasteiger partial charge in [-0.3, -0.25) is 4.21 Å². The van der Waals surface area contributed by atoms with Crippen molar-refractivity contribution in [2.24, 2.45) is 0 Å². The first-order valence-corrected chi connectivity index (χ1v) is 7.62. The maximum Gasteiger partial charge on any atom is 0.0638 e. The summed E-state index contributed by atoms with van der Waals surface area (Å²) >= 11 is 5.03. The van der Waals surface area contributed by atoms with Crippen LogP contribution in [0.25, 0.3) is 0 Å². The standard InChI is InChI=1S/C11H10BrNOS2/c12-8-5-6-15-10(8)7-16(14)11-4-2-1-3-9(11)13/h1-6H,7,13H2. The number of benzene rings is 1. The van der Waals surface area contributed by atoms with E-state index in [9.17, 15) is 4.21 Å². The molecule has 1 atom stereocenters. The van der Waals surface area contributed by atoms with Crippen LogP contribution in [-0.4, -0.2) is 4.21 Å². The molecule has 0 aliphatic carbocycles. The Hall–Kier alpha value is -0.650. The van der Waals surface area contributed by atoms with Gasteiger partial charge in [0.15, 0.2) is 0 Å². The molecule has 84 valence electrons. The van der Waals surface area contributed by atoms with Crippen LogP contribution in [0.5, 0.6) is 0 Å². The molecule has 1 aromatic carbocycles. The van der Waals surface area contributed by atoms with Gasteiger partial charge in [0.25, 0.3) is 0 Å². The summed E-state index contributed by atoms with van der Waals surface area (Å²) in [4.78, 5) is 1.80. The number of anilines is 1. The Labute approximate surface area is 109 Å². The van der Waals surface area contributed by atoms with Crippen molar-refractivity contribution in [1.29, 1.82) is 0 Å². The fourth-order valence-electron chi connectivity index (χ4n) is 1.31. The van der Waals surface area contributed by atoms with Gasteiger partial charge in [0.05, 0.1) is 21.4 Å². The highest BCUT2D eigenvalue weighted by atomic mass is 79.9. The summed E-state index contributed by atoms with van der Waals surface area (Å²) in [6.45, 7) is 0. The van der Waals surface area contributed by atoms with E-state index in [0.29, 0.717) is 16.3 Å². The van der Waals surface area contributed by atoms with Gasteiger partial charge in [-0.15, -0.1) is 11.3 Å². The molecule has 16 heavy (non-hydrogen) atoms. The highest BCUT2D eigenvalue weighted by Gasteiger charge is 2.11. The third kappa shape index (κ3) is 2.53. The van der Waals surface area contributed by atoms with Crippen LogP contribution in [0.4, 0.5) is 5.69 Å². The molecular weight excluding hydrogens is 306 g/mol. The number of nitrogen functional groups attached to an aromatic ring is 1. The Kier molecular flexibility index (Phi) is 3.78. The lowest BCUT2D eigenvalue weighted by molar-refractivity contribution is 0.683. The van der Waals surface area contributed by atoms with E-state index in [-0.39, 0.29) is 0 Å². The van der Waals surface area contributed by atoms with Gasteiger partial charge in [-0.05, 0) is 39.5 Å². The normalized spacial score (nSPS) is 12.6. The lowest BCUT2D eigenvalue weighted by atomic mass is 10.3. The maximum atomic E-state index is 12.1. The molecule has 2 N–H and O–H groups in total. The van der Waals surface area contributed by atoms with Crippen molar-refractivity contribution in [1.82, 2.24) is 0 Å². The third-order valence-corrected chi connectivity index (χ3v) is 5.64. The predicted octanol–water partition coefficient (Wildman–Crippen LogP) is 3.40. The van der Waals surface area contributed by atoms with Crippen LogP contribution in [0.1, 0.15) is 4.88 Å². The minimum Gasteiger partial charge on any atom is -0.398 e. The molecule has 2 nitrogen and oxygen atoms in total. The number of nitrogens with two attached hydrogens (primary N) is 1. The SMILES string of the molecule is Nc1ccccc1S(=O)Cc1sccc1Br. The van der Waals surface area contributed by atoms with Crippen molar-refractivity contribution in [3.63, 3.8) is 0 Å². The van der Waals surface area contributed by atoms with Crippen LogP contribution in [0.15, 0.2) is 45.1 Å². The van der Waals surface area contributed by atoms with Crippen LogP contribution in [0.2, 0.25) is 0 Å². The molecule has 0 amide bonds. The first kappa shape index (κ1) is 11.8. The predicted molar refractivity (Wildman–Crippen MR) is 73.0 cm³/mol. The van der Waals surface area contributed by atoms with E-state index in [1.165, 1.54) is 0 Å². The first-order chi connectivity index (χ1) is 7.68. The molecule has 0 spiro atoms. The molecule has 2 rings (SSSR count). The molecule has 0 radical (unpaired) electrons. The summed E-state index contributed by atoms with van der Waals surface area (Å²) in [5.41, 5.74) is 6.38. The van der Waals surface area contributed by atoms with E-state index < -0.39 is 10.8 Å². The van der Waals surface area contributed by atoms with Crippen LogP contribution in [-0.2, 0) is 16.6 Å². The van der Waals surface area contributed by atoms with E-state index in [0.717, 1.165) is 9.35 Å². The van der Waals surface area contributed by atoms with Crippen molar-refractivity contribution >= 4 is 43.8 Å². The second kappa shape index (κ2) is 5.12. The van der Waals surface area contributed by atoms with E-state index in [4.69, 9.17) is 5.73 Å². The summed E-state index contributed by atoms with van der Waals surface area (Å²) in [5.74, 6) is 0.506. The monoisotopic (exact) mass is 315 g/mol. The Morgan fingerprint density at radius 2 is 2.06 bits per heavy atom. The molecule has 1 heterocycles. The fourth-order valence-corrected chi connectivity index (χ4v) is 4.48. The molecule has 1 unspecified atom stereocenters.